The highest BCUT2D eigenvalue weighted by Crippen LogP contribution is 2.28. The summed E-state index contributed by atoms with van der Waals surface area (Å²) in [5, 5.41) is 3.00. The van der Waals surface area contributed by atoms with Crippen LogP contribution in [-0.2, 0) is 14.8 Å². The molecule has 0 aliphatic carbocycles. The molecule has 1 atom stereocenters. The SMILES string of the molecule is Cc1ccc(S(=O)(=O)N2CCC([C@H](NC(=O)c3cccc(C)c3)C(=O)N3CCCC3)CC2)cc1. The second kappa shape index (κ2) is 10.3. The third-order valence-corrected chi connectivity index (χ3v) is 8.79. The Morgan fingerprint density at radius 3 is 2.18 bits per heavy atom. The number of nitrogens with zero attached hydrogens (tertiary/aromatic N) is 2. The lowest BCUT2D eigenvalue weighted by molar-refractivity contribution is -0.133. The Bertz CT molecular complexity index is 1130. The Balaban J connectivity index is 1.49. The molecule has 2 saturated heterocycles. The standard InChI is InChI=1S/C26H33N3O4S/c1-19-8-10-23(11-9-19)34(32,33)29-16-12-21(13-17-29)24(26(31)28-14-3-4-15-28)27-25(30)22-7-5-6-20(2)18-22/h5-11,18,21,24H,3-4,12-17H2,1-2H3,(H,27,30)/t24-/m0/s1. The highest BCUT2D eigenvalue weighted by Gasteiger charge is 2.38. The van der Waals surface area contributed by atoms with Crippen LogP contribution < -0.4 is 5.32 Å². The van der Waals surface area contributed by atoms with Crippen molar-refractivity contribution in [3.63, 3.8) is 0 Å². The number of piperidine rings is 1. The largest absolute Gasteiger partial charge is 0.341 e. The molecule has 7 nitrogen and oxygen atoms in total. The fourth-order valence-electron chi connectivity index (χ4n) is 4.84. The first-order chi connectivity index (χ1) is 16.3. The third kappa shape index (κ3) is 5.33. The summed E-state index contributed by atoms with van der Waals surface area (Å²) < 4.78 is 27.7. The van der Waals surface area contributed by atoms with E-state index in [9.17, 15) is 18.0 Å². The lowest BCUT2D eigenvalue weighted by Crippen LogP contribution is -2.54. The molecule has 0 saturated carbocycles. The Hall–Kier alpha value is -2.71. The number of sulfonamides is 1. The summed E-state index contributed by atoms with van der Waals surface area (Å²) in [7, 11) is -3.58. The van der Waals surface area contributed by atoms with E-state index in [-0.39, 0.29) is 22.6 Å². The van der Waals surface area contributed by atoms with Crippen LogP contribution in [-0.4, -0.2) is 61.7 Å². The normalized spacial score (nSPS) is 18.6. The van der Waals surface area contributed by atoms with Gasteiger partial charge in [-0.05, 0) is 69.7 Å². The van der Waals surface area contributed by atoms with E-state index in [1.807, 2.05) is 36.9 Å². The van der Waals surface area contributed by atoms with Crippen LogP contribution in [0.3, 0.4) is 0 Å². The maximum atomic E-state index is 13.4. The van der Waals surface area contributed by atoms with Crippen LogP contribution in [0.15, 0.2) is 53.4 Å². The van der Waals surface area contributed by atoms with E-state index in [0.29, 0.717) is 44.6 Å². The average molecular weight is 484 g/mol. The van der Waals surface area contributed by atoms with Gasteiger partial charge >= 0.3 is 0 Å². The van der Waals surface area contributed by atoms with Crippen molar-refractivity contribution in [2.45, 2.75) is 50.5 Å². The van der Waals surface area contributed by atoms with Gasteiger partial charge in [0.15, 0.2) is 0 Å². The highest BCUT2D eigenvalue weighted by molar-refractivity contribution is 7.89. The zero-order chi connectivity index (χ0) is 24.3. The van der Waals surface area contributed by atoms with Crippen LogP contribution in [0, 0.1) is 19.8 Å². The molecular formula is C26H33N3O4S. The van der Waals surface area contributed by atoms with Crippen LogP contribution in [0.4, 0.5) is 0 Å². The summed E-state index contributed by atoms with van der Waals surface area (Å²) in [4.78, 5) is 28.5. The van der Waals surface area contributed by atoms with Crippen molar-refractivity contribution in [3.8, 4) is 0 Å². The molecule has 2 aliphatic heterocycles. The van der Waals surface area contributed by atoms with Crippen LogP contribution in [0.2, 0.25) is 0 Å². The summed E-state index contributed by atoms with van der Waals surface area (Å²) in [6.07, 6.45) is 2.97. The molecule has 2 aliphatic rings. The fourth-order valence-corrected chi connectivity index (χ4v) is 6.30. The molecule has 182 valence electrons. The number of carbonyl (C=O) groups excluding carboxylic acids is 2. The van der Waals surface area contributed by atoms with E-state index in [0.717, 1.165) is 24.0 Å². The van der Waals surface area contributed by atoms with Gasteiger partial charge in [0, 0.05) is 31.7 Å². The molecule has 0 spiro atoms. The predicted molar refractivity (Wildman–Crippen MR) is 131 cm³/mol. The van der Waals surface area contributed by atoms with Gasteiger partial charge in [-0.2, -0.15) is 4.31 Å². The van der Waals surface area contributed by atoms with E-state index >= 15 is 0 Å². The van der Waals surface area contributed by atoms with Crippen molar-refractivity contribution in [1.82, 2.24) is 14.5 Å². The van der Waals surface area contributed by atoms with Gasteiger partial charge in [-0.3, -0.25) is 9.59 Å². The Labute approximate surface area is 202 Å². The summed E-state index contributed by atoms with van der Waals surface area (Å²) >= 11 is 0. The molecule has 0 unspecified atom stereocenters. The second-order valence-corrected chi connectivity index (χ2v) is 11.3. The molecule has 34 heavy (non-hydrogen) atoms. The van der Waals surface area contributed by atoms with Gasteiger partial charge in [0.2, 0.25) is 15.9 Å². The Morgan fingerprint density at radius 2 is 1.56 bits per heavy atom. The minimum Gasteiger partial charge on any atom is -0.341 e. The number of hydrogen-bond donors (Lipinski definition) is 1. The smallest absolute Gasteiger partial charge is 0.251 e. The van der Waals surface area contributed by atoms with Crippen LogP contribution in [0.5, 0.6) is 0 Å². The lowest BCUT2D eigenvalue weighted by atomic mass is 9.89. The summed E-state index contributed by atoms with van der Waals surface area (Å²) in [5.74, 6) is -0.444. The number of amides is 2. The summed E-state index contributed by atoms with van der Waals surface area (Å²) in [6, 6.07) is 13.5. The average Bonchev–Trinajstić information content (AvgIpc) is 3.37. The van der Waals surface area contributed by atoms with Gasteiger partial charge in [0.1, 0.15) is 6.04 Å². The van der Waals surface area contributed by atoms with E-state index in [1.54, 1.807) is 30.3 Å². The summed E-state index contributed by atoms with van der Waals surface area (Å²) in [5.41, 5.74) is 2.51. The molecule has 2 heterocycles. The lowest BCUT2D eigenvalue weighted by Gasteiger charge is -2.36. The first-order valence-electron chi connectivity index (χ1n) is 12.0. The van der Waals surface area contributed by atoms with E-state index in [2.05, 4.69) is 5.32 Å². The molecule has 0 bridgehead atoms. The van der Waals surface area contributed by atoms with E-state index < -0.39 is 16.1 Å². The number of hydrogen-bond acceptors (Lipinski definition) is 4. The third-order valence-electron chi connectivity index (χ3n) is 6.88. The Morgan fingerprint density at radius 1 is 0.912 bits per heavy atom. The van der Waals surface area contributed by atoms with Gasteiger partial charge in [-0.15, -0.1) is 0 Å². The van der Waals surface area contributed by atoms with Crippen LogP contribution in [0.25, 0.3) is 0 Å². The van der Waals surface area contributed by atoms with Gasteiger partial charge in [0.25, 0.3) is 5.91 Å². The zero-order valence-corrected chi connectivity index (χ0v) is 20.7. The molecule has 8 heteroatoms. The van der Waals surface area contributed by atoms with Crippen molar-refractivity contribution in [2.24, 2.45) is 5.92 Å². The van der Waals surface area contributed by atoms with Crippen molar-refractivity contribution >= 4 is 21.8 Å². The van der Waals surface area contributed by atoms with Gasteiger partial charge < -0.3 is 10.2 Å². The molecule has 2 fully saturated rings. The topological polar surface area (TPSA) is 86.8 Å². The van der Waals surface area contributed by atoms with Crippen LogP contribution in [0.1, 0.15) is 47.2 Å². The first kappa shape index (κ1) is 24.4. The van der Waals surface area contributed by atoms with Crippen LogP contribution >= 0.6 is 0 Å². The molecule has 4 rings (SSSR count). The zero-order valence-electron chi connectivity index (χ0n) is 19.9. The van der Waals surface area contributed by atoms with Crippen molar-refractivity contribution in [3.05, 3.63) is 65.2 Å². The second-order valence-electron chi connectivity index (χ2n) is 9.41. The Kier molecular flexibility index (Phi) is 7.38. The minimum absolute atomic E-state index is 0.0571. The number of carbonyl (C=O) groups is 2. The molecule has 2 aromatic rings. The number of benzene rings is 2. The quantitative estimate of drug-likeness (QED) is 0.684. The number of likely N-dealkylation sites (tertiary alicyclic amines) is 1. The molecule has 0 aromatic heterocycles. The molecular weight excluding hydrogens is 450 g/mol. The maximum Gasteiger partial charge on any atom is 0.251 e. The molecule has 0 radical (unpaired) electrons. The molecule has 2 amide bonds. The van der Waals surface area contributed by atoms with E-state index in [4.69, 9.17) is 0 Å². The highest BCUT2D eigenvalue weighted by atomic mass is 32.2. The fraction of sp³-hybridized carbons (Fsp3) is 0.462. The monoisotopic (exact) mass is 483 g/mol. The minimum atomic E-state index is -3.58. The predicted octanol–water partition coefficient (Wildman–Crippen LogP) is 3.13. The van der Waals surface area contributed by atoms with Crippen molar-refractivity contribution in [2.75, 3.05) is 26.2 Å². The molecule has 1 N–H and O–H groups in total. The van der Waals surface area contributed by atoms with Gasteiger partial charge in [-0.1, -0.05) is 35.4 Å². The van der Waals surface area contributed by atoms with Crippen molar-refractivity contribution in [1.29, 1.82) is 0 Å². The number of rotatable bonds is 6. The summed E-state index contributed by atoms with van der Waals surface area (Å²) in [6.45, 7) is 5.90. The number of nitrogens with one attached hydrogen (secondary N) is 1. The van der Waals surface area contributed by atoms with Gasteiger partial charge in [-0.25, -0.2) is 8.42 Å². The van der Waals surface area contributed by atoms with E-state index in [1.165, 1.54) is 4.31 Å². The molecule has 2 aromatic carbocycles. The first-order valence-corrected chi connectivity index (χ1v) is 13.4. The number of aryl methyl sites for hydroxylation is 2. The van der Waals surface area contributed by atoms with Crippen molar-refractivity contribution < 1.29 is 18.0 Å². The maximum absolute atomic E-state index is 13.4. The van der Waals surface area contributed by atoms with Gasteiger partial charge in [0.05, 0.1) is 4.90 Å².